The van der Waals surface area contributed by atoms with Crippen LogP contribution in [0.5, 0.6) is 0 Å². The van der Waals surface area contributed by atoms with Crippen molar-refractivity contribution in [3.8, 4) is 11.4 Å². The molecule has 0 spiro atoms. The molecule has 8 rings (SSSR count). The predicted octanol–water partition coefficient (Wildman–Crippen LogP) is 5.34. The number of ether oxygens (including phenoxy) is 1. The molecule has 2 fully saturated rings. The Hall–Kier alpha value is -5.00. The number of carbonyl (C=O) groups excluding carboxylic acids is 1. The van der Waals surface area contributed by atoms with Gasteiger partial charge in [-0.25, -0.2) is 9.36 Å². The molecule has 2 saturated heterocycles. The number of benzene rings is 2. The molecule has 6 heterocycles. The number of amides is 1. The first-order valence-corrected chi connectivity index (χ1v) is 16.2. The monoisotopic (exact) mass is 649 g/mol. The fourth-order valence-electron chi connectivity index (χ4n) is 6.17. The van der Waals surface area contributed by atoms with E-state index in [4.69, 9.17) is 32.3 Å². The van der Waals surface area contributed by atoms with E-state index in [0.29, 0.717) is 5.02 Å². The first-order chi connectivity index (χ1) is 23.0. The van der Waals surface area contributed by atoms with E-state index in [1.807, 2.05) is 58.2 Å². The highest BCUT2D eigenvalue weighted by Gasteiger charge is 2.26. The molecule has 11 nitrogen and oxygen atoms in total. The standard InChI is InChI=1S/C19H21N5O.C16H15ClN4O/c1-13-2-4-15(5-3-13)24-17-12-21-9-6-16(17)19(22-24)23-10-7-14(8-11-23)18(20)25;17-12-1-3-13(4-2-12)21-15-11-18-6-5-14(15)16(19-21)20-7-9-22-10-8-20/h2-6,9,12,14H,7-8,10-11H2,1H3,(H2,20,25);1-6,11H,7-10H2. The molecule has 0 unspecified atom stereocenters. The molecule has 1 amide bonds. The number of piperidine rings is 1. The minimum absolute atomic E-state index is 0.0247. The van der Waals surface area contributed by atoms with Crippen molar-refractivity contribution in [2.24, 2.45) is 11.7 Å². The van der Waals surface area contributed by atoms with E-state index in [1.54, 1.807) is 12.4 Å². The highest BCUT2D eigenvalue weighted by atomic mass is 35.5. The maximum Gasteiger partial charge on any atom is 0.220 e. The highest BCUT2D eigenvalue weighted by Crippen LogP contribution is 2.31. The SMILES string of the molecule is Cc1ccc(-n2nc(N3CCC(C(N)=O)CC3)c3ccncc32)cc1.Clc1ccc(-n2nc(N3CCOCC3)c3ccncc32)cc1. The summed E-state index contributed by atoms with van der Waals surface area (Å²) in [6.45, 7) is 6.83. The Bertz CT molecular complexity index is 1990. The van der Waals surface area contributed by atoms with E-state index in [1.165, 1.54) is 5.56 Å². The molecule has 0 bridgehead atoms. The molecule has 4 aromatic heterocycles. The summed E-state index contributed by atoms with van der Waals surface area (Å²) >= 11 is 5.98. The van der Waals surface area contributed by atoms with Crippen LogP contribution in [0.1, 0.15) is 18.4 Å². The zero-order chi connectivity index (χ0) is 32.3. The third kappa shape index (κ3) is 6.36. The summed E-state index contributed by atoms with van der Waals surface area (Å²) in [4.78, 5) is 24.4. The third-order valence-corrected chi connectivity index (χ3v) is 9.04. The Kier molecular flexibility index (Phi) is 8.73. The third-order valence-electron chi connectivity index (χ3n) is 8.78. The molecule has 240 valence electrons. The molecule has 0 aliphatic carbocycles. The lowest BCUT2D eigenvalue weighted by atomic mass is 9.96. The Morgan fingerprint density at radius 2 is 1.23 bits per heavy atom. The zero-order valence-corrected chi connectivity index (χ0v) is 26.9. The van der Waals surface area contributed by atoms with E-state index < -0.39 is 0 Å². The second-order valence-corrected chi connectivity index (χ2v) is 12.3. The Morgan fingerprint density at radius 3 is 1.74 bits per heavy atom. The average Bonchev–Trinajstić information content (AvgIpc) is 3.70. The van der Waals surface area contributed by atoms with Crippen LogP contribution in [0.25, 0.3) is 33.2 Å². The smallest absolute Gasteiger partial charge is 0.220 e. The fraction of sp³-hybridized carbons (Fsp3) is 0.286. The maximum absolute atomic E-state index is 11.4. The molecular formula is C35H36ClN9O2. The van der Waals surface area contributed by atoms with Gasteiger partial charge in [0.25, 0.3) is 0 Å². The molecule has 0 saturated carbocycles. The van der Waals surface area contributed by atoms with Gasteiger partial charge in [0.15, 0.2) is 11.6 Å². The van der Waals surface area contributed by atoms with Gasteiger partial charge in [-0.15, -0.1) is 10.2 Å². The minimum Gasteiger partial charge on any atom is -0.378 e. The number of aryl methyl sites for hydroxylation is 1. The molecular weight excluding hydrogens is 614 g/mol. The number of nitrogens with two attached hydrogens (primary N) is 1. The van der Waals surface area contributed by atoms with Crippen LogP contribution in [0.15, 0.2) is 85.5 Å². The number of nitrogens with zero attached hydrogens (tertiary/aromatic N) is 8. The van der Waals surface area contributed by atoms with Crippen molar-refractivity contribution < 1.29 is 9.53 Å². The normalized spacial score (nSPS) is 15.5. The average molecular weight is 650 g/mol. The van der Waals surface area contributed by atoms with Crippen LogP contribution in [-0.4, -0.2) is 74.8 Å². The molecule has 6 aromatic rings. The molecule has 0 atom stereocenters. The van der Waals surface area contributed by atoms with Crippen LogP contribution >= 0.6 is 11.6 Å². The maximum atomic E-state index is 11.4. The van der Waals surface area contributed by atoms with Gasteiger partial charge in [0.05, 0.1) is 48.0 Å². The summed E-state index contributed by atoms with van der Waals surface area (Å²) in [5.41, 5.74) is 10.6. The van der Waals surface area contributed by atoms with Gasteiger partial charge in [-0.05, 0) is 68.3 Å². The van der Waals surface area contributed by atoms with Crippen LogP contribution in [0.2, 0.25) is 5.02 Å². The summed E-state index contributed by atoms with van der Waals surface area (Å²) in [5.74, 6) is 1.71. The number of hydrogen-bond acceptors (Lipinski definition) is 8. The van der Waals surface area contributed by atoms with Crippen LogP contribution < -0.4 is 15.5 Å². The number of halogens is 1. The van der Waals surface area contributed by atoms with Gasteiger partial charge < -0.3 is 20.3 Å². The van der Waals surface area contributed by atoms with Gasteiger partial charge in [-0.1, -0.05) is 29.3 Å². The van der Waals surface area contributed by atoms with Crippen molar-refractivity contribution in [2.45, 2.75) is 19.8 Å². The van der Waals surface area contributed by atoms with Gasteiger partial charge in [0, 0.05) is 60.3 Å². The Morgan fingerprint density at radius 1 is 0.745 bits per heavy atom. The predicted molar refractivity (Wildman–Crippen MR) is 185 cm³/mol. The lowest BCUT2D eigenvalue weighted by Gasteiger charge is -2.30. The Balaban J connectivity index is 0.000000151. The van der Waals surface area contributed by atoms with E-state index in [-0.39, 0.29) is 11.8 Å². The number of anilines is 2. The van der Waals surface area contributed by atoms with Crippen LogP contribution in [0, 0.1) is 12.8 Å². The van der Waals surface area contributed by atoms with Crippen LogP contribution in [0.4, 0.5) is 11.6 Å². The number of hydrogen-bond donors (Lipinski definition) is 1. The summed E-state index contributed by atoms with van der Waals surface area (Å²) in [6.07, 6.45) is 8.85. The van der Waals surface area contributed by atoms with Crippen molar-refractivity contribution >= 4 is 50.9 Å². The number of pyridine rings is 2. The minimum atomic E-state index is -0.195. The number of primary amides is 1. The van der Waals surface area contributed by atoms with Gasteiger partial charge in [0.1, 0.15) is 0 Å². The van der Waals surface area contributed by atoms with Crippen molar-refractivity contribution in [1.29, 1.82) is 0 Å². The fourth-order valence-corrected chi connectivity index (χ4v) is 6.30. The summed E-state index contributed by atoms with van der Waals surface area (Å²) in [5, 5.41) is 12.6. The van der Waals surface area contributed by atoms with Crippen LogP contribution in [-0.2, 0) is 9.53 Å². The summed E-state index contributed by atoms with van der Waals surface area (Å²) in [7, 11) is 0. The molecule has 2 aromatic carbocycles. The molecule has 47 heavy (non-hydrogen) atoms. The van der Waals surface area contributed by atoms with E-state index in [2.05, 4.69) is 51.0 Å². The zero-order valence-electron chi connectivity index (χ0n) is 26.2. The van der Waals surface area contributed by atoms with Gasteiger partial charge >= 0.3 is 0 Å². The van der Waals surface area contributed by atoms with E-state index in [0.717, 1.165) is 97.1 Å². The number of fused-ring (bicyclic) bond motifs is 2. The summed E-state index contributed by atoms with van der Waals surface area (Å²) in [6, 6.07) is 20.0. The van der Waals surface area contributed by atoms with Gasteiger partial charge in [-0.2, -0.15) is 0 Å². The number of aromatic nitrogens is 6. The topological polar surface area (TPSA) is 120 Å². The molecule has 2 aliphatic heterocycles. The molecule has 2 aliphatic rings. The van der Waals surface area contributed by atoms with Gasteiger partial charge in [-0.3, -0.25) is 14.8 Å². The lowest BCUT2D eigenvalue weighted by Crippen LogP contribution is -2.38. The quantitative estimate of drug-likeness (QED) is 0.266. The number of rotatable bonds is 5. The molecule has 0 radical (unpaired) electrons. The first kappa shape index (κ1) is 30.6. The first-order valence-electron chi connectivity index (χ1n) is 15.8. The summed E-state index contributed by atoms with van der Waals surface area (Å²) < 4.78 is 9.30. The van der Waals surface area contributed by atoms with Gasteiger partial charge in [0.2, 0.25) is 5.91 Å². The van der Waals surface area contributed by atoms with Crippen molar-refractivity contribution in [3.05, 3.63) is 96.0 Å². The highest BCUT2D eigenvalue weighted by molar-refractivity contribution is 6.30. The number of morpholine rings is 1. The van der Waals surface area contributed by atoms with Crippen LogP contribution in [0.3, 0.4) is 0 Å². The largest absolute Gasteiger partial charge is 0.378 e. The van der Waals surface area contributed by atoms with E-state index in [9.17, 15) is 4.79 Å². The van der Waals surface area contributed by atoms with Crippen molar-refractivity contribution in [3.63, 3.8) is 0 Å². The lowest BCUT2D eigenvalue weighted by molar-refractivity contribution is -0.122. The van der Waals surface area contributed by atoms with Crippen molar-refractivity contribution in [1.82, 2.24) is 29.5 Å². The Labute approximate surface area is 277 Å². The number of carbonyl (C=O) groups is 1. The second-order valence-electron chi connectivity index (χ2n) is 11.8. The second kappa shape index (κ2) is 13.4. The molecule has 12 heteroatoms. The molecule has 2 N–H and O–H groups in total. The van der Waals surface area contributed by atoms with Crippen molar-refractivity contribution in [2.75, 3.05) is 49.2 Å². The van der Waals surface area contributed by atoms with E-state index >= 15 is 0 Å².